The number of aromatic nitrogens is 2. The Bertz CT molecular complexity index is 395. The molecule has 1 heterocycles. The van der Waals surface area contributed by atoms with Crippen molar-refractivity contribution in [2.24, 2.45) is 0 Å². The number of hydrogen-bond donors (Lipinski definition) is 0. The topological polar surface area (TPSA) is 61.3 Å². The largest absolute Gasteiger partial charge is 0.521 e. The number of ether oxygens (including phenoxy) is 1. The maximum Gasteiger partial charge on any atom is 0.521 e. The molecule has 5 nitrogen and oxygen atoms in total. The number of aryl methyl sites for hydroxylation is 2. The zero-order valence-corrected chi connectivity index (χ0v) is 11.4. The van der Waals surface area contributed by atoms with Crippen LogP contribution >= 0.6 is 12.0 Å². The predicted molar refractivity (Wildman–Crippen MR) is 64.7 cm³/mol. The molecule has 0 bridgehead atoms. The number of carbonyl (C=O) groups excluding carboxylic acids is 1. The summed E-state index contributed by atoms with van der Waals surface area (Å²) in [4.78, 5) is 19.5. The van der Waals surface area contributed by atoms with Crippen LogP contribution in [0.1, 0.15) is 32.2 Å². The second-order valence-electron chi connectivity index (χ2n) is 4.56. The fourth-order valence-corrected chi connectivity index (χ4v) is 1.61. The Morgan fingerprint density at radius 3 is 2.24 bits per heavy atom. The van der Waals surface area contributed by atoms with Gasteiger partial charge in [-0.2, -0.15) is 0 Å². The van der Waals surface area contributed by atoms with Crippen LogP contribution in [0.25, 0.3) is 0 Å². The molecule has 94 valence electrons. The minimum absolute atomic E-state index is 0.397. The molecule has 0 aliphatic heterocycles. The molecule has 17 heavy (non-hydrogen) atoms. The third-order valence-corrected chi connectivity index (χ3v) is 2.09. The van der Waals surface area contributed by atoms with Crippen LogP contribution in [0.4, 0.5) is 4.79 Å². The summed E-state index contributed by atoms with van der Waals surface area (Å²) in [5, 5.41) is 0.397. The summed E-state index contributed by atoms with van der Waals surface area (Å²) in [6, 6.07) is 1.84. The van der Waals surface area contributed by atoms with E-state index in [1.54, 1.807) is 20.8 Å². The minimum atomic E-state index is -0.745. The Hall–Kier alpha value is -1.30. The van der Waals surface area contributed by atoms with Gasteiger partial charge in [-0.3, -0.25) is 0 Å². The summed E-state index contributed by atoms with van der Waals surface area (Å²) in [6.07, 6.45) is -0.745. The summed E-state index contributed by atoms with van der Waals surface area (Å²) >= 11 is 0.801. The summed E-state index contributed by atoms with van der Waals surface area (Å²) in [6.45, 7) is 9.02. The van der Waals surface area contributed by atoms with E-state index >= 15 is 0 Å². The van der Waals surface area contributed by atoms with Crippen molar-refractivity contribution < 1.29 is 13.7 Å². The Labute approximate surface area is 105 Å². The average molecular weight is 256 g/mol. The molecule has 0 aliphatic rings. The van der Waals surface area contributed by atoms with Crippen molar-refractivity contribution in [1.82, 2.24) is 9.97 Å². The highest BCUT2D eigenvalue weighted by Gasteiger charge is 2.18. The molecule has 1 rings (SSSR count). The van der Waals surface area contributed by atoms with Gasteiger partial charge < -0.3 is 8.92 Å². The average Bonchev–Trinajstić information content (AvgIpc) is 2.10. The highest BCUT2D eigenvalue weighted by molar-refractivity contribution is 7.94. The van der Waals surface area contributed by atoms with E-state index in [0.29, 0.717) is 5.16 Å². The number of hydrogen-bond acceptors (Lipinski definition) is 6. The third kappa shape index (κ3) is 5.53. The Morgan fingerprint density at radius 1 is 1.24 bits per heavy atom. The lowest BCUT2D eigenvalue weighted by Gasteiger charge is -2.17. The molecule has 0 saturated heterocycles. The van der Waals surface area contributed by atoms with Gasteiger partial charge in [0, 0.05) is 11.4 Å². The quantitative estimate of drug-likeness (QED) is 0.460. The van der Waals surface area contributed by atoms with Gasteiger partial charge in [0.05, 0.1) is 0 Å². The molecule has 0 radical (unpaired) electrons. The second kappa shape index (κ2) is 5.35. The van der Waals surface area contributed by atoms with E-state index < -0.39 is 11.8 Å². The minimum Gasteiger partial charge on any atom is -0.428 e. The lowest BCUT2D eigenvalue weighted by Crippen LogP contribution is -2.23. The third-order valence-electron chi connectivity index (χ3n) is 1.54. The van der Waals surface area contributed by atoms with Gasteiger partial charge >= 0.3 is 6.16 Å². The van der Waals surface area contributed by atoms with Crippen molar-refractivity contribution in [3.05, 3.63) is 17.5 Å². The first-order valence-corrected chi connectivity index (χ1v) is 5.90. The van der Waals surface area contributed by atoms with Crippen molar-refractivity contribution in [2.75, 3.05) is 0 Å². The molecule has 1 aromatic rings. The van der Waals surface area contributed by atoms with Crippen molar-refractivity contribution in [2.45, 2.75) is 45.4 Å². The van der Waals surface area contributed by atoms with Crippen molar-refractivity contribution in [1.29, 1.82) is 0 Å². The van der Waals surface area contributed by atoms with Crippen LogP contribution in [0.2, 0.25) is 0 Å². The van der Waals surface area contributed by atoms with Crippen LogP contribution in [0.5, 0.6) is 0 Å². The number of nitrogens with zero attached hydrogens (tertiary/aromatic N) is 2. The lowest BCUT2D eigenvalue weighted by atomic mass is 10.2. The molecule has 0 spiro atoms. The van der Waals surface area contributed by atoms with Gasteiger partial charge in [0.15, 0.2) is 0 Å². The molecule has 1 aromatic heterocycles. The maximum atomic E-state index is 11.3. The molecule has 0 aromatic carbocycles. The zero-order chi connectivity index (χ0) is 13.1. The van der Waals surface area contributed by atoms with Gasteiger partial charge in [-0.15, -0.1) is 0 Å². The van der Waals surface area contributed by atoms with Gasteiger partial charge in [-0.1, -0.05) is 0 Å². The van der Waals surface area contributed by atoms with Gasteiger partial charge in [0.2, 0.25) is 5.16 Å². The maximum absolute atomic E-state index is 11.3. The predicted octanol–water partition coefficient (Wildman–Crippen LogP) is 3.05. The van der Waals surface area contributed by atoms with Crippen LogP contribution in [0.15, 0.2) is 11.2 Å². The number of rotatable bonds is 2. The van der Waals surface area contributed by atoms with E-state index in [0.717, 1.165) is 23.4 Å². The fraction of sp³-hybridized carbons (Fsp3) is 0.545. The van der Waals surface area contributed by atoms with Gasteiger partial charge in [0.1, 0.15) is 17.6 Å². The van der Waals surface area contributed by atoms with Crippen LogP contribution in [-0.4, -0.2) is 21.7 Å². The summed E-state index contributed by atoms with van der Waals surface area (Å²) in [7, 11) is 0. The molecule has 0 amide bonds. The first-order valence-electron chi connectivity index (χ1n) is 5.16. The molecule has 0 N–H and O–H groups in total. The molecule has 0 fully saturated rings. The molecule has 0 unspecified atom stereocenters. The summed E-state index contributed by atoms with van der Waals surface area (Å²) < 4.78 is 9.83. The molecular weight excluding hydrogens is 240 g/mol. The number of carbonyl (C=O) groups is 1. The Morgan fingerprint density at radius 2 is 1.76 bits per heavy atom. The first kappa shape index (κ1) is 13.8. The summed E-state index contributed by atoms with van der Waals surface area (Å²) in [5.41, 5.74) is 1.08. The van der Waals surface area contributed by atoms with Gasteiger partial charge in [-0.25, -0.2) is 14.8 Å². The fourth-order valence-electron chi connectivity index (χ4n) is 1.07. The second-order valence-corrected chi connectivity index (χ2v) is 5.26. The lowest BCUT2D eigenvalue weighted by molar-refractivity contribution is 0.0248. The highest BCUT2D eigenvalue weighted by Crippen LogP contribution is 2.18. The first-order chi connectivity index (χ1) is 7.76. The van der Waals surface area contributed by atoms with Crippen LogP contribution in [-0.2, 0) is 8.92 Å². The Balaban J connectivity index is 2.53. The van der Waals surface area contributed by atoms with E-state index in [2.05, 4.69) is 9.97 Å². The molecular formula is C11H16N2O3S. The van der Waals surface area contributed by atoms with Crippen molar-refractivity contribution in [3.63, 3.8) is 0 Å². The van der Waals surface area contributed by atoms with E-state index in [4.69, 9.17) is 8.92 Å². The normalized spacial score (nSPS) is 11.1. The van der Waals surface area contributed by atoms with E-state index in [1.165, 1.54) is 0 Å². The van der Waals surface area contributed by atoms with Gasteiger partial charge in [-0.05, 0) is 40.7 Å². The molecule has 0 saturated carbocycles. The zero-order valence-electron chi connectivity index (χ0n) is 10.6. The summed E-state index contributed by atoms with van der Waals surface area (Å²) in [5.74, 6) is 0. The van der Waals surface area contributed by atoms with Crippen LogP contribution in [0, 0.1) is 13.8 Å². The van der Waals surface area contributed by atoms with Crippen molar-refractivity contribution in [3.8, 4) is 0 Å². The van der Waals surface area contributed by atoms with Crippen LogP contribution in [0.3, 0.4) is 0 Å². The highest BCUT2D eigenvalue weighted by atomic mass is 32.2. The molecule has 0 aliphatic carbocycles. The molecule has 0 atom stereocenters. The standard InChI is InChI=1S/C11H16N2O3S/c1-7-6-8(2)13-9(12-7)17-16-10(14)15-11(3,4)5/h6H,1-5H3. The SMILES string of the molecule is Cc1cc(C)nc(SOC(=O)OC(C)(C)C)n1. The van der Waals surface area contributed by atoms with Gasteiger partial charge in [0.25, 0.3) is 0 Å². The monoisotopic (exact) mass is 256 g/mol. The van der Waals surface area contributed by atoms with Crippen LogP contribution < -0.4 is 0 Å². The molecule has 6 heteroatoms. The van der Waals surface area contributed by atoms with E-state index in [9.17, 15) is 4.79 Å². The smallest absolute Gasteiger partial charge is 0.428 e. The van der Waals surface area contributed by atoms with E-state index in [1.807, 2.05) is 19.9 Å². The van der Waals surface area contributed by atoms with E-state index in [-0.39, 0.29) is 0 Å². The Kier molecular flexibility index (Phi) is 4.34. The van der Waals surface area contributed by atoms with Crippen molar-refractivity contribution >= 4 is 18.2 Å².